The molecule has 0 spiro atoms. The smallest absolute Gasteiger partial charge is 0.309 e. The summed E-state index contributed by atoms with van der Waals surface area (Å²) in [4.78, 5) is 25.5. The minimum atomic E-state index is -3.70. The number of nitrogens with one attached hydrogen (secondary N) is 1. The zero-order valence-electron chi connectivity index (χ0n) is 20.7. The van der Waals surface area contributed by atoms with Gasteiger partial charge in [-0.25, -0.2) is 8.42 Å². The second kappa shape index (κ2) is 10.6. The third kappa shape index (κ3) is 5.72. The summed E-state index contributed by atoms with van der Waals surface area (Å²) in [6, 6.07) is 10.4. The number of hydrogen-bond donors (Lipinski definition) is 1. The number of carbonyl (C=O) groups is 2. The van der Waals surface area contributed by atoms with E-state index in [1.54, 1.807) is 18.2 Å². The number of carbonyl (C=O) groups excluding carboxylic acids is 2. The standard InChI is InChI=1S/C26H31N3O5S/c1-16-13-17(2)19(4)24(18(16)3)35(32,33)29-11-9-22(10-12-29)26(31)34-20(5)25(30)28-23-8-6-7-21(14-23)15-27/h6-8,13-14,20,22H,9-12H2,1-5H3,(H,28,30)/t20-/m0/s1. The van der Waals surface area contributed by atoms with Gasteiger partial charge in [0.25, 0.3) is 5.91 Å². The minimum absolute atomic E-state index is 0.204. The molecule has 3 rings (SSSR count). The largest absolute Gasteiger partial charge is 0.452 e. The number of piperidine rings is 1. The number of amides is 1. The van der Waals surface area contributed by atoms with E-state index < -0.39 is 33.9 Å². The van der Waals surface area contributed by atoms with Crippen LogP contribution in [0.15, 0.2) is 35.2 Å². The highest BCUT2D eigenvalue weighted by Gasteiger charge is 2.35. The van der Waals surface area contributed by atoms with Crippen LogP contribution in [0, 0.1) is 44.9 Å². The van der Waals surface area contributed by atoms with Gasteiger partial charge >= 0.3 is 5.97 Å². The Morgan fingerprint density at radius 2 is 1.69 bits per heavy atom. The van der Waals surface area contributed by atoms with Crippen molar-refractivity contribution in [3.63, 3.8) is 0 Å². The summed E-state index contributed by atoms with van der Waals surface area (Å²) in [5.41, 5.74) is 4.19. The molecule has 0 aliphatic carbocycles. The summed E-state index contributed by atoms with van der Waals surface area (Å²) in [7, 11) is -3.70. The van der Waals surface area contributed by atoms with Crippen molar-refractivity contribution in [2.24, 2.45) is 5.92 Å². The number of rotatable bonds is 6. The van der Waals surface area contributed by atoms with Gasteiger partial charge in [0.05, 0.1) is 22.4 Å². The van der Waals surface area contributed by atoms with Crippen LogP contribution in [-0.4, -0.2) is 43.8 Å². The molecule has 0 aromatic heterocycles. The molecule has 1 N–H and O–H groups in total. The second-order valence-corrected chi connectivity index (χ2v) is 10.9. The van der Waals surface area contributed by atoms with Gasteiger partial charge in [0.1, 0.15) is 0 Å². The fourth-order valence-electron chi connectivity index (χ4n) is 4.26. The van der Waals surface area contributed by atoms with Crippen LogP contribution in [0.1, 0.15) is 47.6 Å². The molecule has 8 nitrogen and oxygen atoms in total. The Balaban J connectivity index is 1.61. The Hall–Kier alpha value is -3.22. The summed E-state index contributed by atoms with van der Waals surface area (Å²) in [6.45, 7) is 9.34. The Morgan fingerprint density at radius 3 is 2.26 bits per heavy atom. The second-order valence-electron chi connectivity index (χ2n) is 9.03. The quantitative estimate of drug-likeness (QED) is 0.608. The average molecular weight is 498 g/mol. The Morgan fingerprint density at radius 1 is 1.09 bits per heavy atom. The Kier molecular flexibility index (Phi) is 7.98. The third-order valence-electron chi connectivity index (χ3n) is 6.60. The zero-order chi connectivity index (χ0) is 25.9. The first-order valence-electron chi connectivity index (χ1n) is 11.5. The molecule has 2 aromatic rings. The van der Waals surface area contributed by atoms with Crippen LogP contribution in [0.4, 0.5) is 5.69 Å². The highest BCUT2D eigenvalue weighted by molar-refractivity contribution is 7.89. The molecule has 186 valence electrons. The van der Waals surface area contributed by atoms with E-state index in [9.17, 15) is 18.0 Å². The topological polar surface area (TPSA) is 117 Å². The number of nitrogens with zero attached hydrogens (tertiary/aromatic N) is 2. The van der Waals surface area contributed by atoms with Crippen molar-refractivity contribution in [3.05, 3.63) is 58.1 Å². The first-order valence-corrected chi connectivity index (χ1v) is 13.0. The molecular formula is C26H31N3O5S. The maximum absolute atomic E-state index is 13.4. The number of ether oxygens (including phenoxy) is 1. The Bertz CT molecular complexity index is 1260. The van der Waals surface area contributed by atoms with Crippen molar-refractivity contribution in [1.82, 2.24) is 4.31 Å². The van der Waals surface area contributed by atoms with Gasteiger partial charge in [-0.2, -0.15) is 9.57 Å². The number of esters is 1. The van der Waals surface area contributed by atoms with Crippen molar-refractivity contribution >= 4 is 27.6 Å². The number of nitriles is 1. The van der Waals surface area contributed by atoms with Crippen LogP contribution in [0.3, 0.4) is 0 Å². The predicted octanol–water partition coefficient (Wildman–Crippen LogP) is 3.76. The lowest BCUT2D eigenvalue weighted by Gasteiger charge is -2.31. The van der Waals surface area contributed by atoms with Gasteiger partial charge in [-0.05, 0) is 87.9 Å². The molecule has 1 fully saturated rings. The lowest BCUT2D eigenvalue weighted by Crippen LogP contribution is -2.42. The van der Waals surface area contributed by atoms with Crippen molar-refractivity contribution in [1.29, 1.82) is 5.26 Å². The maximum Gasteiger partial charge on any atom is 0.309 e. The minimum Gasteiger partial charge on any atom is -0.452 e. The third-order valence-corrected chi connectivity index (χ3v) is 8.78. The molecule has 1 aliphatic rings. The van der Waals surface area contributed by atoms with Crippen molar-refractivity contribution in [3.8, 4) is 6.07 Å². The van der Waals surface area contributed by atoms with E-state index in [0.717, 1.165) is 22.3 Å². The van der Waals surface area contributed by atoms with Crippen LogP contribution in [0.2, 0.25) is 0 Å². The van der Waals surface area contributed by atoms with Gasteiger partial charge in [0.15, 0.2) is 6.10 Å². The van der Waals surface area contributed by atoms with E-state index in [-0.39, 0.29) is 13.1 Å². The summed E-state index contributed by atoms with van der Waals surface area (Å²) in [5, 5.41) is 11.6. The number of anilines is 1. The van der Waals surface area contributed by atoms with E-state index in [1.165, 1.54) is 17.3 Å². The molecule has 0 unspecified atom stereocenters. The number of aryl methyl sites for hydroxylation is 2. The molecule has 1 saturated heterocycles. The number of hydrogen-bond acceptors (Lipinski definition) is 6. The van der Waals surface area contributed by atoms with E-state index >= 15 is 0 Å². The molecule has 0 radical (unpaired) electrons. The summed E-state index contributed by atoms with van der Waals surface area (Å²) < 4.78 is 33.7. The average Bonchev–Trinajstić information content (AvgIpc) is 2.83. The van der Waals surface area contributed by atoms with Crippen LogP contribution < -0.4 is 5.32 Å². The van der Waals surface area contributed by atoms with E-state index in [2.05, 4.69) is 5.32 Å². The van der Waals surface area contributed by atoms with Gasteiger partial charge in [-0.3, -0.25) is 9.59 Å². The summed E-state index contributed by atoms with van der Waals surface area (Å²) in [6.07, 6.45) is -0.394. The molecule has 0 saturated carbocycles. The SMILES string of the molecule is Cc1cc(C)c(C)c(S(=O)(=O)N2CCC(C(=O)O[C@@H](C)C(=O)Nc3cccc(C#N)c3)CC2)c1C. The number of benzene rings is 2. The zero-order valence-corrected chi connectivity index (χ0v) is 21.5. The van der Waals surface area contributed by atoms with Gasteiger partial charge in [0, 0.05) is 18.8 Å². The van der Waals surface area contributed by atoms with Crippen LogP contribution in [0.25, 0.3) is 0 Å². The monoisotopic (exact) mass is 497 g/mol. The summed E-state index contributed by atoms with van der Waals surface area (Å²) in [5.74, 6) is -1.51. The van der Waals surface area contributed by atoms with Gasteiger partial charge in [0.2, 0.25) is 10.0 Å². The highest BCUT2D eigenvalue weighted by atomic mass is 32.2. The van der Waals surface area contributed by atoms with Gasteiger partial charge < -0.3 is 10.1 Å². The first kappa shape index (κ1) is 26.4. The molecule has 1 atom stereocenters. The lowest BCUT2D eigenvalue weighted by atomic mass is 9.98. The van der Waals surface area contributed by atoms with E-state index in [4.69, 9.17) is 10.00 Å². The molecule has 1 aliphatic heterocycles. The van der Waals surface area contributed by atoms with Crippen LogP contribution >= 0.6 is 0 Å². The lowest BCUT2D eigenvalue weighted by molar-refractivity contribution is -0.158. The van der Waals surface area contributed by atoms with Gasteiger partial charge in [-0.15, -0.1) is 0 Å². The molecule has 2 aromatic carbocycles. The normalized spacial score (nSPS) is 15.8. The van der Waals surface area contributed by atoms with E-state index in [0.29, 0.717) is 29.0 Å². The van der Waals surface area contributed by atoms with Crippen molar-refractivity contribution < 1.29 is 22.7 Å². The fraction of sp³-hybridized carbons (Fsp3) is 0.423. The highest BCUT2D eigenvalue weighted by Crippen LogP contribution is 2.31. The molecule has 35 heavy (non-hydrogen) atoms. The molecule has 9 heteroatoms. The Labute approximate surface area is 206 Å². The molecule has 1 amide bonds. The molecule has 0 bridgehead atoms. The van der Waals surface area contributed by atoms with E-state index in [1.807, 2.05) is 39.8 Å². The molecular weight excluding hydrogens is 466 g/mol. The molecule has 1 heterocycles. The fourth-order valence-corrected chi connectivity index (χ4v) is 6.31. The van der Waals surface area contributed by atoms with Crippen molar-refractivity contribution in [2.45, 2.75) is 58.5 Å². The van der Waals surface area contributed by atoms with Crippen LogP contribution in [-0.2, 0) is 24.3 Å². The maximum atomic E-state index is 13.4. The summed E-state index contributed by atoms with van der Waals surface area (Å²) >= 11 is 0. The van der Waals surface area contributed by atoms with Gasteiger partial charge in [-0.1, -0.05) is 12.1 Å². The number of sulfonamides is 1. The first-order chi connectivity index (χ1) is 16.4. The van der Waals surface area contributed by atoms with Crippen molar-refractivity contribution in [2.75, 3.05) is 18.4 Å². The van der Waals surface area contributed by atoms with Crippen LogP contribution in [0.5, 0.6) is 0 Å². The predicted molar refractivity (Wildman–Crippen MR) is 132 cm³/mol.